The van der Waals surface area contributed by atoms with Crippen LogP contribution in [0.5, 0.6) is 0 Å². The molecule has 230 valence electrons. The number of rotatable bonds is 1. The zero-order valence-corrected chi connectivity index (χ0v) is 28.5. The summed E-state index contributed by atoms with van der Waals surface area (Å²) in [6.45, 7) is 14.1. The van der Waals surface area contributed by atoms with E-state index in [1.54, 1.807) is 0 Å². The van der Waals surface area contributed by atoms with Gasteiger partial charge in [-0.3, -0.25) is 0 Å². The van der Waals surface area contributed by atoms with Crippen LogP contribution in [0.2, 0.25) is 0 Å². The van der Waals surface area contributed by atoms with E-state index in [1.807, 2.05) is 0 Å². The van der Waals surface area contributed by atoms with Crippen LogP contribution in [0.1, 0.15) is 52.7 Å². The minimum Gasteiger partial charge on any atom is -0.0616 e. The van der Waals surface area contributed by atoms with Crippen LogP contribution in [-0.2, 0) is 10.8 Å². The molecule has 48 heavy (non-hydrogen) atoms. The monoisotopic (exact) mass is 614 g/mol. The molecule has 10 aromatic rings. The van der Waals surface area contributed by atoms with Crippen molar-refractivity contribution in [2.24, 2.45) is 0 Å². The molecule has 0 aliphatic rings. The largest absolute Gasteiger partial charge is 0.0616 e. The first-order valence-corrected chi connectivity index (χ1v) is 17.4. The molecular weight excluding hydrogens is 577 g/mol. The number of benzene rings is 8. The summed E-state index contributed by atoms with van der Waals surface area (Å²) in [7, 11) is 0. The first-order chi connectivity index (χ1) is 23.1. The van der Waals surface area contributed by atoms with Gasteiger partial charge in [-0.2, -0.15) is 0 Å². The molecule has 0 nitrogen and oxygen atoms in total. The molecule has 0 saturated carbocycles. The van der Waals surface area contributed by atoms with E-state index in [-0.39, 0.29) is 10.8 Å². The van der Waals surface area contributed by atoms with Crippen molar-refractivity contribution < 1.29 is 0 Å². The average Bonchev–Trinajstić information content (AvgIpc) is 3.57. The quantitative estimate of drug-likeness (QED) is 0.161. The fourth-order valence-corrected chi connectivity index (χ4v) is 8.76. The summed E-state index contributed by atoms with van der Waals surface area (Å²) in [6.07, 6.45) is 0. The zero-order valence-electron chi connectivity index (χ0n) is 28.5. The Balaban J connectivity index is 1.47. The van der Waals surface area contributed by atoms with Crippen LogP contribution in [0.3, 0.4) is 0 Å². The van der Waals surface area contributed by atoms with Crippen LogP contribution >= 0.6 is 0 Å². The van der Waals surface area contributed by atoms with Gasteiger partial charge in [0.2, 0.25) is 0 Å². The first kappa shape index (κ1) is 27.9. The molecule has 0 atom stereocenters. The second-order valence-corrected chi connectivity index (χ2v) is 16.1. The molecule has 0 saturated heterocycles. The minimum absolute atomic E-state index is 0.0214. The van der Waals surface area contributed by atoms with Crippen molar-refractivity contribution in [3.8, 4) is 11.1 Å². The lowest BCUT2D eigenvalue weighted by Gasteiger charge is -2.27. The Morgan fingerprint density at radius 1 is 0.312 bits per heavy atom. The lowest BCUT2D eigenvalue weighted by Crippen LogP contribution is -2.16. The van der Waals surface area contributed by atoms with Crippen LogP contribution in [0.25, 0.3) is 97.3 Å². The lowest BCUT2D eigenvalue weighted by atomic mass is 9.78. The summed E-state index contributed by atoms with van der Waals surface area (Å²) >= 11 is 0. The third-order valence-electron chi connectivity index (χ3n) is 11.2. The van der Waals surface area contributed by atoms with Gasteiger partial charge in [-0.05, 0) is 131 Å². The van der Waals surface area contributed by atoms with Crippen molar-refractivity contribution >= 4 is 86.2 Å². The zero-order chi connectivity index (χ0) is 32.7. The summed E-state index contributed by atoms with van der Waals surface area (Å²) < 4.78 is 0. The van der Waals surface area contributed by atoms with Gasteiger partial charge < -0.3 is 0 Å². The maximum absolute atomic E-state index is 2.52. The van der Waals surface area contributed by atoms with Crippen LogP contribution in [0.4, 0.5) is 0 Å². The van der Waals surface area contributed by atoms with E-state index < -0.39 is 0 Å². The molecule has 0 spiro atoms. The van der Waals surface area contributed by atoms with E-state index in [0.717, 1.165) is 0 Å². The van der Waals surface area contributed by atoms with Crippen LogP contribution in [0, 0.1) is 0 Å². The van der Waals surface area contributed by atoms with Crippen molar-refractivity contribution in [3.63, 3.8) is 0 Å². The topological polar surface area (TPSA) is 0 Å². The van der Waals surface area contributed by atoms with Crippen molar-refractivity contribution in [1.29, 1.82) is 0 Å². The molecule has 0 radical (unpaired) electrons. The van der Waals surface area contributed by atoms with Crippen molar-refractivity contribution in [2.75, 3.05) is 0 Å². The van der Waals surface area contributed by atoms with E-state index in [0.29, 0.717) is 0 Å². The molecule has 0 N–H and O–H groups in total. The molecule has 0 aliphatic carbocycles. The van der Waals surface area contributed by atoms with Gasteiger partial charge in [0.05, 0.1) is 0 Å². The third kappa shape index (κ3) is 3.66. The minimum atomic E-state index is 0.0214. The van der Waals surface area contributed by atoms with Crippen LogP contribution in [0.15, 0.2) is 121 Å². The van der Waals surface area contributed by atoms with E-state index in [1.165, 1.54) is 108 Å². The highest BCUT2D eigenvalue weighted by Gasteiger charge is 2.25. The molecular formula is C48H38. The van der Waals surface area contributed by atoms with Gasteiger partial charge in [-0.1, -0.05) is 151 Å². The number of hydrogen-bond donors (Lipinski definition) is 0. The predicted octanol–water partition coefficient (Wildman–Crippen LogP) is 14.0. The highest BCUT2D eigenvalue weighted by molar-refractivity contribution is 6.40. The summed E-state index contributed by atoms with van der Waals surface area (Å²) in [4.78, 5) is 0. The highest BCUT2D eigenvalue weighted by Crippen LogP contribution is 2.50. The molecule has 0 aliphatic heterocycles. The summed E-state index contributed by atoms with van der Waals surface area (Å²) in [5.74, 6) is 0. The Bertz CT molecular complexity index is 2900. The first-order valence-electron chi connectivity index (χ1n) is 17.4. The summed E-state index contributed by atoms with van der Waals surface area (Å²) in [6, 6.07) is 46.7. The van der Waals surface area contributed by atoms with Gasteiger partial charge in [-0.25, -0.2) is 0 Å². The Kier molecular flexibility index (Phi) is 5.36. The molecule has 0 aromatic heterocycles. The molecule has 0 bridgehead atoms. The van der Waals surface area contributed by atoms with E-state index in [2.05, 4.69) is 163 Å². The molecule has 10 rings (SSSR count). The Labute approximate surface area is 281 Å². The van der Waals surface area contributed by atoms with Gasteiger partial charge in [0, 0.05) is 0 Å². The lowest BCUT2D eigenvalue weighted by molar-refractivity contribution is 0.569. The van der Waals surface area contributed by atoms with Crippen LogP contribution in [-0.4, -0.2) is 0 Å². The normalized spacial score (nSPS) is 13.2. The second-order valence-electron chi connectivity index (χ2n) is 16.1. The van der Waals surface area contributed by atoms with Gasteiger partial charge in [0.15, 0.2) is 0 Å². The van der Waals surface area contributed by atoms with Crippen molar-refractivity contribution in [3.05, 3.63) is 132 Å². The maximum Gasteiger partial charge on any atom is -0.00137 e. The van der Waals surface area contributed by atoms with E-state index in [9.17, 15) is 0 Å². The Morgan fingerprint density at radius 3 is 1.40 bits per heavy atom. The van der Waals surface area contributed by atoms with E-state index >= 15 is 0 Å². The van der Waals surface area contributed by atoms with Gasteiger partial charge in [0.25, 0.3) is 0 Å². The standard InChI is InChI=1S/C48H38/c1-47(2,3)29-22-28(23-30(24-29)48(4,5)6)44-37-21-20-33-35-18-11-17-34-31-14-7-8-15-32(31)41(45(34)35)25-39(33)40(37)26-42-36-16-9-12-27-13-10-19-38(43(27)36)46(42)44/h7-26H,1-6H3. The fourth-order valence-electron chi connectivity index (χ4n) is 8.76. The molecule has 0 fully saturated rings. The maximum atomic E-state index is 2.52. The molecule has 0 unspecified atom stereocenters. The van der Waals surface area contributed by atoms with Crippen LogP contribution < -0.4 is 0 Å². The number of hydrogen-bond acceptors (Lipinski definition) is 0. The number of fused-ring (bicyclic) bond motifs is 10. The average molecular weight is 615 g/mol. The molecule has 10 aromatic carbocycles. The summed E-state index contributed by atoms with van der Waals surface area (Å²) in [5.41, 5.74) is 5.48. The van der Waals surface area contributed by atoms with Gasteiger partial charge in [-0.15, -0.1) is 0 Å². The molecule has 0 amide bonds. The predicted molar refractivity (Wildman–Crippen MR) is 212 cm³/mol. The Morgan fingerprint density at radius 2 is 0.771 bits per heavy atom. The van der Waals surface area contributed by atoms with Gasteiger partial charge >= 0.3 is 0 Å². The Hall–Kier alpha value is -5.20. The van der Waals surface area contributed by atoms with Crippen molar-refractivity contribution in [2.45, 2.75) is 52.4 Å². The molecule has 0 heteroatoms. The molecule has 0 heterocycles. The highest BCUT2D eigenvalue weighted by atomic mass is 14.3. The smallest absolute Gasteiger partial charge is 0.00137 e. The summed E-state index contributed by atoms with van der Waals surface area (Å²) in [5, 5.41) is 21.5. The SMILES string of the molecule is CC(C)(C)c1cc(-c2c3ccc4c(cc5c6ccccc6c6cccc4c65)c3cc3c4cccc5cccc(c23)c54)cc(C(C)(C)C)c1. The van der Waals surface area contributed by atoms with Gasteiger partial charge in [0.1, 0.15) is 0 Å². The van der Waals surface area contributed by atoms with E-state index in [4.69, 9.17) is 0 Å². The van der Waals surface area contributed by atoms with Crippen molar-refractivity contribution in [1.82, 2.24) is 0 Å². The fraction of sp³-hybridized carbons (Fsp3) is 0.167. The second kappa shape index (κ2) is 9.24. The third-order valence-corrected chi connectivity index (χ3v) is 11.2.